The van der Waals surface area contributed by atoms with Gasteiger partial charge in [-0.05, 0) is 37.3 Å². The lowest BCUT2D eigenvalue weighted by Gasteiger charge is -2.17. The van der Waals surface area contributed by atoms with Crippen LogP contribution in [0.2, 0.25) is 0 Å². The van der Waals surface area contributed by atoms with E-state index in [4.69, 9.17) is 4.74 Å². The van der Waals surface area contributed by atoms with Gasteiger partial charge in [0.15, 0.2) is 0 Å². The van der Waals surface area contributed by atoms with Crippen LogP contribution in [0.4, 0.5) is 0 Å². The van der Waals surface area contributed by atoms with Crippen molar-refractivity contribution in [3.8, 4) is 0 Å². The largest absolute Gasteiger partial charge is 0.457 e. The molecule has 0 aromatic rings. The zero-order valence-electron chi connectivity index (χ0n) is 12.6. The number of hydrogen-bond acceptors (Lipinski definition) is 4. The third-order valence-corrected chi connectivity index (χ3v) is 2.95. The van der Waals surface area contributed by atoms with Crippen LogP contribution in [0.1, 0.15) is 46.5 Å². The van der Waals surface area contributed by atoms with Crippen LogP contribution in [0, 0.1) is 0 Å². The first-order valence-corrected chi connectivity index (χ1v) is 7.42. The van der Waals surface area contributed by atoms with Gasteiger partial charge in [-0.25, -0.2) is 0 Å². The van der Waals surface area contributed by atoms with E-state index < -0.39 is 0 Å². The smallest absolute Gasteiger partial charge is 0.306 e. The van der Waals surface area contributed by atoms with Crippen molar-refractivity contribution in [1.29, 1.82) is 0 Å². The molecule has 0 bridgehead atoms. The minimum Gasteiger partial charge on any atom is -0.457 e. The van der Waals surface area contributed by atoms with Crippen LogP contribution in [-0.2, 0) is 9.53 Å². The summed E-state index contributed by atoms with van der Waals surface area (Å²) < 4.78 is 5.50. The molecule has 1 atom stereocenters. The van der Waals surface area contributed by atoms with Crippen molar-refractivity contribution < 1.29 is 9.53 Å². The molecule has 20 heavy (non-hydrogen) atoms. The molecule has 0 saturated carbocycles. The highest BCUT2D eigenvalue weighted by atomic mass is 32.1. The van der Waals surface area contributed by atoms with Crippen molar-refractivity contribution in [3.05, 3.63) is 35.4 Å². The predicted octanol–water partition coefficient (Wildman–Crippen LogP) is 4.47. The molecule has 4 heteroatoms. The van der Waals surface area contributed by atoms with Gasteiger partial charge in [-0.15, -0.1) is 19.2 Å². The number of hydrogen-bond donors (Lipinski definition) is 1. The zero-order chi connectivity index (χ0) is 15.4. The molecule has 3 nitrogen and oxygen atoms in total. The Bertz CT molecular complexity index is 397. The Morgan fingerprint density at radius 1 is 1.50 bits per heavy atom. The molecule has 0 rings (SSSR count). The third kappa shape index (κ3) is 8.00. The summed E-state index contributed by atoms with van der Waals surface area (Å²) in [7, 11) is 0. The number of unbranched alkanes of at least 4 members (excludes halogenated alkanes) is 1. The lowest BCUT2D eigenvalue weighted by Crippen LogP contribution is -2.19. The summed E-state index contributed by atoms with van der Waals surface area (Å²) in [4.78, 5) is 15.9. The first-order valence-electron chi connectivity index (χ1n) is 6.90. The van der Waals surface area contributed by atoms with E-state index in [0.29, 0.717) is 12.8 Å². The van der Waals surface area contributed by atoms with E-state index in [1.807, 2.05) is 26.8 Å². The second kappa shape index (κ2) is 11.5. The predicted molar refractivity (Wildman–Crippen MR) is 89.2 cm³/mol. The lowest BCUT2D eigenvalue weighted by molar-refractivity contribution is -0.147. The number of aliphatic imine (C=N–C) groups is 1. The molecule has 0 spiro atoms. The SMILES string of the molecule is C=CC[C@H](OC(=O)CCCC)/C(C)=C/C(=C/S)N=CC. The van der Waals surface area contributed by atoms with Gasteiger partial charge in [-0.2, -0.15) is 0 Å². The Hall–Kier alpha value is -1.29. The van der Waals surface area contributed by atoms with Gasteiger partial charge in [-0.1, -0.05) is 19.4 Å². The molecule has 112 valence electrons. The average molecular weight is 295 g/mol. The molecule has 0 saturated heterocycles. The molecule has 0 aliphatic heterocycles. The van der Waals surface area contributed by atoms with Crippen LogP contribution in [0.25, 0.3) is 0 Å². The fourth-order valence-electron chi connectivity index (χ4n) is 1.60. The molecular formula is C16H25NO2S. The van der Waals surface area contributed by atoms with Crippen molar-refractivity contribution in [2.45, 2.75) is 52.6 Å². The Kier molecular flexibility index (Phi) is 10.8. The number of ether oxygens (including phenoxy) is 1. The Morgan fingerprint density at radius 2 is 2.20 bits per heavy atom. The van der Waals surface area contributed by atoms with E-state index in [9.17, 15) is 4.79 Å². The second-order valence-electron chi connectivity index (χ2n) is 4.44. The highest BCUT2D eigenvalue weighted by Crippen LogP contribution is 2.16. The Morgan fingerprint density at radius 3 is 2.70 bits per heavy atom. The van der Waals surface area contributed by atoms with E-state index >= 15 is 0 Å². The minimum atomic E-state index is -0.285. The molecule has 0 fully saturated rings. The number of carbonyl (C=O) groups excluding carboxylic acids is 1. The van der Waals surface area contributed by atoms with Gasteiger partial charge in [0.05, 0.1) is 5.70 Å². The number of allylic oxidation sites excluding steroid dienone is 1. The normalized spacial score (nSPS) is 14.4. The number of thiol groups is 1. The zero-order valence-corrected chi connectivity index (χ0v) is 13.5. The van der Waals surface area contributed by atoms with E-state index in [1.165, 1.54) is 0 Å². The van der Waals surface area contributed by atoms with Gasteiger partial charge in [0.25, 0.3) is 0 Å². The Balaban J connectivity index is 4.84. The highest BCUT2D eigenvalue weighted by molar-refractivity contribution is 7.83. The molecule has 0 aliphatic rings. The molecule has 0 radical (unpaired) electrons. The van der Waals surface area contributed by atoms with Gasteiger partial charge in [0, 0.05) is 19.1 Å². The van der Waals surface area contributed by atoms with E-state index in [1.54, 1.807) is 17.7 Å². The van der Waals surface area contributed by atoms with Crippen LogP contribution >= 0.6 is 12.6 Å². The number of nitrogens with zero attached hydrogens (tertiary/aromatic N) is 1. The molecular weight excluding hydrogens is 270 g/mol. The summed E-state index contributed by atoms with van der Waals surface area (Å²) in [5, 5.41) is 1.62. The molecule has 0 aromatic carbocycles. The minimum absolute atomic E-state index is 0.165. The second-order valence-corrected chi connectivity index (χ2v) is 4.69. The Labute approximate surface area is 127 Å². The molecule has 0 N–H and O–H groups in total. The quantitative estimate of drug-likeness (QED) is 0.224. The average Bonchev–Trinajstić information content (AvgIpc) is 2.43. The van der Waals surface area contributed by atoms with Gasteiger partial charge in [0.1, 0.15) is 6.10 Å². The third-order valence-electron chi connectivity index (χ3n) is 2.68. The van der Waals surface area contributed by atoms with E-state index in [-0.39, 0.29) is 12.1 Å². The summed E-state index contributed by atoms with van der Waals surface area (Å²) in [6.45, 7) is 9.52. The van der Waals surface area contributed by atoms with Crippen LogP contribution in [0.15, 0.2) is 40.4 Å². The number of esters is 1. The monoisotopic (exact) mass is 295 g/mol. The molecule has 0 unspecified atom stereocenters. The van der Waals surface area contributed by atoms with Crippen LogP contribution < -0.4 is 0 Å². The first kappa shape index (κ1) is 18.7. The summed E-state index contributed by atoms with van der Waals surface area (Å²) in [6, 6.07) is 0. The topological polar surface area (TPSA) is 38.7 Å². The maximum absolute atomic E-state index is 11.7. The van der Waals surface area contributed by atoms with Crippen LogP contribution in [0.5, 0.6) is 0 Å². The summed E-state index contributed by atoms with van der Waals surface area (Å²) >= 11 is 4.11. The van der Waals surface area contributed by atoms with Crippen LogP contribution in [-0.4, -0.2) is 18.3 Å². The lowest BCUT2D eigenvalue weighted by atomic mass is 10.1. The summed E-state index contributed by atoms with van der Waals surface area (Å²) in [5.41, 5.74) is 1.66. The summed E-state index contributed by atoms with van der Waals surface area (Å²) in [5.74, 6) is -0.165. The van der Waals surface area contributed by atoms with Crippen molar-refractivity contribution in [1.82, 2.24) is 0 Å². The standard InChI is InChI=1S/C16H25NO2S/c1-5-8-10-16(18)19-15(9-6-2)13(4)11-14(12-20)17-7-3/h6-7,11-12,15,20H,2,5,8-10H2,1,3-4H3/b13-11+,14-12-,17-7?/t15-/m0/s1. The van der Waals surface area contributed by atoms with Gasteiger partial charge in [0.2, 0.25) is 0 Å². The fourth-order valence-corrected chi connectivity index (χ4v) is 1.74. The van der Waals surface area contributed by atoms with E-state index in [2.05, 4.69) is 24.2 Å². The van der Waals surface area contributed by atoms with Crippen molar-refractivity contribution in [2.75, 3.05) is 0 Å². The fraction of sp³-hybridized carbons (Fsp3) is 0.500. The molecule has 0 aliphatic carbocycles. The van der Waals surface area contributed by atoms with Crippen LogP contribution in [0.3, 0.4) is 0 Å². The number of rotatable bonds is 9. The maximum Gasteiger partial charge on any atom is 0.306 e. The van der Waals surface area contributed by atoms with Crippen molar-refractivity contribution in [2.24, 2.45) is 4.99 Å². The van der Waals surface area contributed by atoms with Gasteiger partial charge >= 0.3 is 5.97 Å². The van der Waals surface area contributed by atoms with E-state index in [0.717, 1.165) is 24.1 Å². The van der Waals surface area contributed by atoms with Gasteiger partial charge in [-0.3, -0.25) is 9.79 Å². The summed E-state index contributed by atoms with van der Waals surface area (Å²) in [6.07, 6.45) is 7.92. The van der Waals surface area contributed by atoms with Crippen molar-refractivity contribution >= 4 is 24.8 Å². The molecule has 0 heterocycles. The van der Waals surface area contributed by atoms with Gasteiger partial charge < -0.3 is 4.74 Å². The molecule has 0 aromatic heterocycles. The highest BCUT2D eigenvalue weighted by Gasteiger charge is 2.14. The maximum atomic E-state index is 11.7. The number of carbonyl (C=O) groups is 1. The molecule has 0 amide bonds. The first-order chi connectivity index (χ1) is 9.58. The van der Waals surface area contributed by atoms with Crippen molar-refractivity contribution in [3.63, 3.8) is 0 Å².